The van der Waals surface area contributed by atoms with Crippen molar-refractivity contribution in [2.24, 2.45) is 5.92 Å². The van der Waals surface area contributed by atoms with E-state index < -0.39 is 24.0 Å². The molecule has 1 aromatic carbocycles. The van der Waals surface area contributed by atoms with Crippen molar-refractivity contribution in [1.82, 2.24) is 5.32 Å². The van der Waals surface area contributed by atoms with Crippen LogP contribution in [0, 0.1) is 5.92 Å². The Morgan fingerprint density at radius 1 is 1.07 bits per heavy atom. The predicted octanol–water partition coefficient (Wildman–Crippen LogP) is 1.78. The van der Waals surface area contributed by atoms with Gasteiger partial charge in [0.15, 0.2) is 0 Å². The first-order chi connectivity index (χ1) is 13.6. The fourth-order valence-corrected chi connectivity index (χ4v) is 2.10. The number of rotatable bonds is 10. The molecule has 0 bridgehead atoms. The van der Waals surface area contributed by atoms with E-state index in [2.05, 4.69) is 30.8 Å². The number of nitrogens with one attached hydrogen (secondary N) is 1. The number of methoxy groups -OCH3 is 1. The predicted molar refractivity (Wildman–Crippen MR) is 106 cm³/mol. The largest absolute Gasteiger partial charge is 0.491 e. The molecule has 29 heavy (non-hydrogen) atoms. The van der Waals surface area contributed by atoms with Gasteiger partial charge in [0.2, 0.25) is 0 Å². The van der Waals surface area contributed by atoms with E-state index in [1.54, 1.807) is 24.3 Å². The Kier molecular flexibility index (Phi) is 13.0. The van der Waals surface area contributed by atoms with Gasteiger partial charge in [-0.3, -0.25) is 0 Å². The molecule has 9 nitrogen and oxygen atoms in total. The van der Waals surface area contributed by atoms with Crippen molar-refractivity contribution in [2.45, 2.75) is 45.8 Å². The molecule has 0 aliphatic rings. The molecule has 164 valence electrons. The summed E-state index contributed by atoms with van der Waals surface area (Å²) in [4.78, 5) is 29.7. The maximum atomic E-state index is 11.5. The molecular formula is C20H31NO8. The lowest BCUT2D eigenvalue weighted by Crippen LogP contribution is -2.36. The molecule has 0 heterocycles. The number of esters is 1. The highest BCUT2D eigenvalue weighted by Gasteiger charge is 2.10. The maximum absolute atomic E-state index is 11.5. The first-order valence-corrected chi connectivity index (χ1v) is 9.25. The first kappa shape index (κ1) is 26.3. The number of aliphatic carboxylic acids is 2. The summed E-state index contributed by atoms with van der Waals surface area (Å²) in [5.74, 6) is -2.82. The molecule has 0 fully saturated rings. The molecule has 0 saturated heterocycles. The molecule has 0 aliphatic heterocycles. The lowest BCUT2D eigenvalue weighted by atomic mass is 10.0. The quantitative estimate of drug-likeness (QED) is 0.333. The fraction of sp³-hybridized carbons (Fsp3) is 0.550. The molecule has 2 unspecified atom stereocenters. The van der Waals surface area contributed by atoms with E-state index in [1.807, 2.05) is 0 Å². The van der Waals surface area contributed by atoms with Gasteiger partial charge in [0.25, 0.3) is 0 Å². The third-order valence-electron chi connectivity index (χ3n) is 3.76. The molecule has 0 aliphatic carbocycles. The third-order valence-corrected chi connectivity index (χ3v) is 3.76. The van der Waals surface area contributed by atoms with Gasteiger partial charge in [-0.05, 0) is 43.9 Å². The second kappa shape index (κ2) is 14.4. The number of carboxylic acid groups (broad SMARTS) is 2. The molecule has 0 spiro atoms. The van der Waals surface area contributed by atoms with Crippen molar-refractivity contribution in [3.63, 3.8) is 0 Å². The van der Waals surface area contributed by atoms with Crippen molar-refractivity contribution in [2.75, 3.05) is 20.3 Å². The normalized spacial score (nSPS) is 12.3. The Bertz CT molecular complexity index is 635. The number of benzene rings is 1. The molecule has 0 saturated carbocycles. The van der Waals surface area contributed by atoms with Gasteiger partial charge in [0, 0.05) is 12.6 Å². The van der Waals surface area contributed by atoms with Crippen molar-refractivity contribution in [3.8, 4) is 5.75 Å². The van der Waals surface area contributed by atoms with Gasteiger partial charge in [-0.2, -0.15) is 0 Å². The van der Waals surface area contributed by atoms with Crippen LogP contribution in [0.15, 0.2) is 24.3 Å². The Balaban J connectivity index is 0.00000113. The highest BCUT2D eigenvalue weighted by Crippen LogP contribution is 2.14. The highest BCUT2D eigenvalue weighted by molar-refractivity contribution is 6.27. The number of carbonyl (C=O) groups is 3. The van der Waals surface area contributed by atoms with Crippen LogP contribution in [-0.2, 0) is 14.3 Å². The second-order valence-corrected chi connectivity index (χ2v) is 6.88. The van der Waals surface area contributed by atoms with Crippen LogP contribution in [0.25, 0.3) is 0 Å². The molecule has 2 atom stereocenters. The highest BCUT2D eigenvalue weighted by atomic mass is 16.5. The molecular weight excluding hydrogens is 382 g/mol. The number of carbonyl (C=O) groups excluding carboxylic acids is 1. The summed E-state index contributed by atoms with van der Waals surface area (Å²) in [7, 11) is 1.34. The summed E-state index contributed by atoms with van der Waals surface area (Å²) in [6, 6.07) is 7.11. The van der Waals surface area contributed by atoms with Gasteiger partial charge in [-0.1, -0.05) is 19.9 Å². The minimum atomic E-state index is -1.82. The smallest absolute Gasteiger partial charge is 0.414 e. The Labute approximate surface area is 170 Å². The summed E-state index contributed by atoms with van der Waals surface area (Å²) in [6.45, 7) is 7.19. The fourth-order valence-electron chi connectivity index (χ4n) is 2.10. The van der Waals surface area contributed by atoms with Gasteiger partial charge in [0.1, 0.15) is 18.5 Å². The van der Waals surface area contributed by atoms with E-state index >= 15 is 0 Å². The molecule has 0 amide bonds. The van der Waals surface area contributed by atoms with E-state index in [0.717, 1.165) is 6.42 Å². The van der Waals surface area contributed by atoms with E-state index in [9.17, 15) is 9.90 Å². The van der Waals surface area contributed by atoms with Crippen LogP contribution in [0.3, 0.4) is 0 Å². The average Bonchev–Trinajstić information content (AvgIpc) is 2.69. The number of aliphatic hydroxyl groups is 1. The van der Waals surface area contributed by atoms with Crippen LogP contribution in [0.5, 0.6) is 5.75 Å². The second-order valence-electron chi connectivity index (χ2n) is 6.88. The van der Waals surface area contributed by atoms with Crippen LogP contribution in [0.4, 0.5) is 0 Å². The summed E-state index contributed by atoms with van der Waals surface area (Å²) in [5, 5.41) is 28.1. The van der Waals surface area contributed by atoms with Gasteiger partial charge >= 0.3 is 17.9 Å². The van der Waals surface area contributed by atoms with E-state index in [-0.39, 0.29) is 6.61 Å². The molecule has 0 radical (unpaired) electrons. The van der Waals surface area contributed by atoms with Crippen molar-refractivity contribution < 1.29 is 39.2 Å². The SMILES string of the molecule is COC(=O)c1cccc(OCC(O)CNC(C)CCC(C)C)c1.O=C(O)C(=O)O. The van der Waals surface area contributed by atoms with E-state index in [1.165, 1.54) is 13.5 Å². The standard InChI is InChI=1S/C18H29NO4.C2H2O4/c1-13(2)8-9-14(3)19-11-16(20)12-23-17-7-5-6-15(10-17)18(21)22-4;3-1(4)2(5)6/h5-7,10,13-14,16,19-20H,8-9,11-12H2,1-4H3;(H,3,4)(H,5,6). The number of hydrogen-bond acceptors (Lipinski definition) is 7. The number of hydrogen-bond donors (Lipinski definition) is 4. The van der Waals surface area contributed by atoms with Crippen molar-refractivity contribution in [1.29, 1.82) is 0 Å². The zero-order valence-corrected chi connectivity index (χ0v) is 17.3. The minimum absolute atomic E-state index is 0.175. The molecule has 1 aromatic rings. The lowest BCUT2D eigenvalue weighted by Gasteiger charge is -2.18. The summed E-state index contributed by atoms with van der Waals surface area (Å²) >= 11 is 0. The van der Waals surface area contributed by atoms with Crippen LogP contribution in [-0.4, -0.2) is 65.6 Å². The van der Waals surface area contributed by atoms with Crippen LogP contribution in [0.1, 0.15) is 44.0 Å². The molecule has 4 N–H and O–H groups in total. The van der Waals surface area contributed by atoms with E-state index in [4.69, 9.17) is 24.5 Å². The zero-order valence-electron chi connectivity index (χ0n) is 17.3. The van der Waals surface area contributed by atoms with E-state index in [0.29, 0.717) is 29.8 Å². The minimum Gasteiger partial charge on any atom is -0.491 e. The number of carboxylic acids is 2. The maximum Gasteiger partial charge on any atom is 0.414 e. The molecule has 0 aromatic heterocycles. The summed E-state index contributed by atoms with van der Waals surface area (Å²) < 4.78 is 10.2. The van der Waals surface area contributed by atoms with Gasteiger partial charge in [-0.15, -0.1) is 0 Å². The van der Waals surface area contributed by atoms with Crippen molar-refractivity contribution in [3.05, 3.63) is 29.8 Å². The van der Waals surface area contributed by atoms with Crippen molar-refractivity contribution >= 4 is 17.9 Å². The molecule has 1 rings (SSSR count). The van der Waals surface area contributed by atoms with Gasteiger partial charge in [-0.25, -0.2) is 14.4 Å². The summed E-state index contributed by atoms with van der Waals surface area (Å²) in [6.07, 6.45) is 1.66. The van der Waals surface area contributed by atoms with Crippen LogP contribution >= 0.6 is 0 Å². The monoisotopic (exact) mass is 413 g/mol. The first-order valence-electron chi connectivity index (χ1n) is 9.25. The van der Waals surface area contributed by atoms with Crippen LogP contribution in [0.2, 0.25) is 0 Å². The number of ether oxygens (including phenoxy) is 2. The Morgan fingerprint density at radius 2 is 1.69 bits per heavy atom. The van der Waals surface area contributed by atoms with Crippen LogP contribution < -0.4 is 10.1 Å². The Hall–Kier alpha value is -2.65. The topological polar surface area (TPSA) is 142 Å². The Morgan fingerprint density at radius 3 is 2.21 bits per heavy atom. The summed E-state index contributed by atoms with van der Waals surface area (Å²) in [5.41, 5.74) is 0.430. The van der Waals surface area contributed by atoms with Gasteiger partial charge < -0.3 is 30.1 Å². The zero-order chi connectivity index (χ0) is 22.4. The lowest BCUT2D eigenvalue weighted by molar-refractivity contribution is -0.159. The van der Waals surface area contributed by atoms with Gasteiger partial charge in [0.05, 0.1) is 12.7 Å². The molecule has 9 heteroatoms. The third kappa shape index (κ3) is 13.2. The average molecular weight is 413 g/mol. The number of aliphatic hydroxyl groups excluding tert-OH is 1.